The average molecular weight is 580 g/mol. The van der Waals surface area contributed by atoms with Crippen LogP contribution in [-0.4, -0.2) is 58.1 Å². The Morgan fingerprint density at radius 2 is 1.77 bits per heavy atom. The van der Waals surface area contributed by atoms with Crippen LogP contribution in [0.4, 0.5) is 0 Å². The van der Waals surface area contributed by atoms with Gasteiger partial charge in [0, 0.05) is 38.1 Å². The second kappa shape index (κ2) is 11.9. The molecule has 8 nitrogen and oxygen atoms in total. The van der Waals surface area contributed by atoms with Crippen LogP contribution < -0.4 is 5.69 Å². The van der Waals surface area contributed by atoms with Crippen molar-refractivity contribution in [1.82, 2.24) is 14.5 Å². The highest BCUT2D eigenvalue weighted by Crippen LogP contribution is 2.43. The Balaban J connectivity index is 1.12. The number of aliphatic hydroxyl groups is 1. The summed E-state index contributed by atoms with van der Waals surface area (Å²) in [6, 6.07) is 22.8. The van der Waals surface area contributed by atoms with Crippen molar-refractivity contribution in [3.63, 3.8) is 0 Å². The van der Waals surface area contributed by atoms with Crippen LogP contribution in [-0.2, 0) is 20.7 Å². The van der Waals surface area contributed by atoms with E-state index < -0.39 is 6.29 Å². The number of nitrogens with zero attached hydrogens (tertiary/aromatic N) is 2. The lowest BCUT2D eigenvalue weighted by atomic mass is 9.87. The molecule has 0 bridgehead atoms. The molecular weight excluding hydrogens is 542 g/mol. The minimum absolute atomic E-state index is 0.0258. The number of carbonyl (C=O) groups is 1. The van der Waals surface area contributed by atoms with Gasteiger partial charge in [-0.05, 0) is 78.1 Å². The first-order chi connectivity index (χ1) is 21.1. The molecule has 3 aromatic carbocycles. The molecule has 0 saturated carbocycles. The van der Waals surface area contributed by atoms with Crippen LogP contribution in [0.1, 0.15) is 60.8 Å². The fourth-order valence-corrected chi connectivity index (χ4v) is 7.01. The number of aromatic nitrogens is 2. The molecule has 1 aromatic heterocycles. The third-order valence-electron chi connectivity index (χ3n) is 9.15. The van der Waals surface area contributed by atoms with Gasteiger partial charge in [0.1, 0.15) is 0 Å². The zero-order valence-electron chi connectivity index (χ0n) is 24.2. The maximum Gasteiger partial charge on any atom is 0.326 e. The summed E-state index contributed by atoms with van der Waals surface area (Å²) in [7, 11) is 0. The molecule has 2 unspecified atom stereocenters. The van der Waals surface area contributed by atoms with Gasteiger partial charge in [-0.25, -0.2) is 4.79 Å². The fourth-order valence-electron chi connectivity index (χ4n) is 7.01. The normalized spacial score (nSPS) is 20.0. The van der Waals surface area contributed by atoms with Crippen LogP contribution in [0.25, 0.3) is 22.2 Å². The number of allylic oxidation sites excluding steroid dienone is 1. The smallest absolute Gasteiger partial charge is 0.326 e. The van der Waals surface area contributed by atoms with Crippen LogP contribution in [0, 0.1) is 0 Å². The van der Waals surface area contributed by atoms with Crippen LogP contribution >= 0.6 is 0 Å². The van der Waals surface area contributed by atoms with Gasteiger partial charge in [0.15, 0.2) is 5.76 Å². The van der Waals surface area contributed by atoms with Gasteiger partial charge < -0.3 is 24.5 Å². The molecule has 3 aliphatic rings. The number of hydrogen-bond donors (Lipinski definition) is 2. The zero-order chi connectivity index (χ0) is 29.3. The monoisotopic (exact) mass is 579 g/mol. The summed E-state index contributed by atoms with van der Waals surface area (Å²) in [5, 5.41) is 9.20. The number of aromatic amines is 1. The van der Waals surface area contributed by atoms with Crippen LogP contribution in [0.3, 0.4) is 0 Å². The highest BCUT2D eigenvalue weighted by molar-refractivity contribution is 5.92. The first-order valence-electron chi connectivity index (χ1n) is 15.4. The third-order valence-corrected chi connectivity index (χ3v) is 9.15. The van der Waals surface area contributed by atoms with Gasteiger partial charge in [-0.3, -0.25) is 9.36 Å². The fraction of sp³-hybridized carbons (Fsp3) is 0.371. The summed E-state index contributed by atoms with van der Waals surface area (Å²) in [6.45, 7) is 1.67. The summed E-state index contributed by atoms with van der Waals surface area (Å²) >= 11 is 0. The first-order valence-corrected chi connectivity index (χ1v) is 15.4. The Morgan fingerprint density at radius 1 is 0.977 bits per heavy atom. The van der Waals surface area contributed by atoms with E-state index in [1.165, 1.54) is 27.8 Å². The maximum absolute atomic E-state index is 13.9. The lowest BCUT2D eigenvalue weighted by molar-refractivity contribution is -0.153. The number of benzene rings is 3. The minimum Gasteiger partial charge on any atom is -0.459 e. The van der Waals surface area contributed by atoms with Crippen LogP contribution in [0.15, 0.2) is 83.4 Å². The van der Waals surface area contributed by atoms with Crippen molar-refractivity contribution in [2.45, 2.75) is 56.8 Å². The number of carbonyl (C=O) groups excluding carboxylic acids is 1. The Labute approximate surface area is 250 Å². The number of aliphatic hydroxyl groups excluding tert-OH is 1. The molecule has 1 amide bonds. The quantitative estimate of drug-likeness (QED) is 0.244. The number of amides is 1. The van der Waals surface area contributed by atoms with Gasteiger partial charge in [0.25, 0.3) is 5.91 Å². The van der Waals surface area contributed by atoms with E-state index in [1.54, 1.807) is 0 Å². The molecule has 1 fully saturated rings. The number of rotatable bonds is 8. The highest BCUT2D eigenvalue weighted by Gasteiger charge is 2.35. The molecule has 2 aliphatic heterocycles. The Hall–Kier alpha value is -4.14. The summed E-state index contributed by atoms with van der Waals surface area (Å²) in [5.74, 6) is 0.176. The Morgan fingerprint density at radius 3 is 2.63 bits per heavy atom. The van der Waals surface area contributed by atoms with Crippen molar-refractivity contribution in [2.24, 2.45) is 0 Å². The predicted octanol–water partition coefficient (Wildman–Crippen LogP) is 5.27. The number of ether oxygens (including phenoxy) is 2. The first kappa shape index (κ1) is 27.7. The summed E-state index contributed by atoms with van der Waals surface area (Å²) in [4.78, 5) is 31.5. The number of unbranched alkanes of at least 4 members (excludes halogenated alkanes) is 1. The molecule has 0 radical (unpaired) electrons. The number of piperidine rings is 1. The molecule has 43 heavy (non-hydrogen) atoms. The second-order valence-corrected chi connectivity index (χ2v) is 11.8. The molecule has 1 saturated heterocycles. The summed E-state index contributed by atoms with van der Waals surface area (Å²) in [6.07, 6.45) is 5.71. The van der Waals surface area contributed by atoms with Gasteiger partial charge in [0.2, 0.25) is 6.29 Å². The largest absolute Gasteiger partial charge is 0.459 e. The average Bonchev–Trinajstić information content (AvgIpc) is 3.59. The maximum atomic E-state index is 13.9. The molecule has 2 N–H and O–H groups in total. The van der Waals surface area contributed by atoms with Crippen molar-refractivity contribution < 1.29 is 19.4 Å². The zero-order valence-corrected chi connectivity index (χ0v) is 24.2. The van der Waals surface area contributed by atoms with Crippen molar-refractivity contribution >= 4 is 16.9 Å². The van der Waals surface area contributed by atoms with Gasteiger partial charge in [-0.1, -0.05) is 54.6 Å². The van der Waals surface area contributed by atoms with Crippen molar-refractivity contribution in [3.8, 4) is 11.1 Å². The number of para-hydroxylation sites is 2. The standard InChI is InChI=1S/C35H37N3O5/c39-18-5-6-19-42-33-22-24(27-10-7-11-28-26-9-2-1-8-23(26)20-29(27)28)21-32(43-33)34(40)37-16-14-25(15-17-37)38-31-13-4-3-12-30(31)36-35(38)41/h1-4,7-13,21,24-25,33,39H,5-6,14-20,22H2,(H,36,41). The van der Waals surface area contributed by atoms with Crippen LogP contribution in [0.2, 0.25) is 0 Å². The van der Waals surface area contributed by atoms with Crippen molar-refractivity contribution in [2.75, 3.05) is 26.3 Å². The molecular formula is C35H37N3O5. The predicted molar refractivity (Wildman–Crippen MR) is 165 cm³/mol. The van der Waals surface area contributed by atoms with Gasteiger partial charge in [0.05, 0.1) is 17.6 Å². The number of H-pyrrole nitrogens is 1. The lowest BCUT2D eigenvalue weighted by Gasteiger charge is -2.35. The number of nitrogens with one attached hydrogen (secondary N) is 1. The lowest BCUT2D eigenvalue weighted by Crippen LogP contribution is -2.42. The Bertz CT molecular complexity index is 1730. The van der Waals surface area contributed by atoms with Gasteiger partial charge >= 0.3 is 5.69 Å². The van der Waals surface area contributed by atoms with E-state index in [9.17, 15) is 14.7 Å². The molecule has 7 rings (SSSR count). The molecule has 4 aromatic rings. The molecule has 222 valence electrons. The molecule has 1 aliphatic carbocycles. The minimum atomic E-state index is -0.547. The third kappa shape index (κ3) is 5.30. The van der Waals surface area contributed by atoms with E-state index in [1.807, 2.05) is 39.8 Å². The van der Waals surface area contributed by atoms with E-state index in [-0.39, 0.29) is 30.2 Å². The second-order valence-electron chi connectivity index (χ2n) is 11.8. The SMILES string of the molecule is O=C(C1=CC(c2cccc3c2Cc2ccccc2-3)CC(OCCCCO)O1)N1CCC(n2c(=O)[nH]c3ccccc32)CC1. The highest BCUT2D eigenvalue weighted by atomic mass is 16.7. The molecule has 8 heteroatoms. The number of likely N-dealkylation sites (tertiary alicyclic amines) is 1. The van der Waals surface area contributed by atoms with Crippen molar-refractivity contribution in [3.05, 3.63) is 106 Å². The van der Waals surface area contributed by atoms with Gasteiger partial charge in [-0.2, -0.15) is 0 Å². The van der Waals surface area contributed by atoms with E-state index in [0.29, 0.717) is 51.1 Å². The van der Waals surface area contributed by atoms with E-state index in [0.717, 1.165) is 23.9 Å². The van der Waals surface area contributed by atoms with Crippen molar-refractivity contribution in [1.29, 1.82) is 0 Å². The molecule has 0 spiro atoms. The molecule has 2 atom stereocenters. The Kier molecular flexibility index (Phi) is 7.63. The molecule has 3 heterocycles. The van der Waals surface area contributed by atoms with E-state index in [2.05, 4.69) is 47.4 Å². The van der Waals surface area contributed by atoms with Crippen LogP contribution in [0.5, 0.6) is 0 Å². The summed E-state index contributed by atoms with van der Waals surface area (Å²) < 4.78 is 14.2. The van der Waals surface area contributed by atoms with E-state index >= 15 is 0 Å². The van der Waals surface area contributed by atoms with E-state index in [4.69, 9.17) is 9.47 Å². The van der Waals surface area contributed by atoms with Gasteiger partial charge in [-0.15, -0.1) is 0 Å². The number of hydrogen-bond acceptors (Lipinski definition) is 5. The summed E-state index contributed by atoms with van der Waals surface area (Å²) in [5.41, 5.74) is 8.01. The topological polar surface area (TPSA) is 96.8 Å². The number of fused-ring (bicyclic) bond motifs is 4. The number of imidazole rings is 1.